The maximum absolute atomic E-state index is 8.89. The van der Waals surface area contributed by atoms with Crippen LogP contribution in [-0.4, -0.2) is 22.9 Å². The summed E-state index contributed by atoms with van der Waals surface area (Å²) in [6, 6.07) is 1.70. The molecule has 1 atom stereocenters. The molecule has 15 heavy (non-hydrogen) atoms. The largest absolute Gasteiger partial charge is 0.298 e. The molecule has 0 aromatic carbocycles. The van der Waals surface area contributed by atoms with E-state index in [4.69, 9.17) is 10.8 Å². The molecule has 0 aliphatic carbocycles. The van der Waals surface area contributed by atoms with E-state index in [0.717, 1.165) is 5.56 Å². The molecule has 1 rings (SSSR count). The molecule has 1 aromatic heterocycles. The number of nitriles is 1. The lowest BCUT2D eigenvalue weighted by molar-refractivity contribution is 0.634. The van der Waals surface area contributed by atoms with Gasteiger partial charge >= 0.3 is 0 Å². The Morgan fingerprint density at radius 2 is 2.67 bits per heavy atom. The summed E-state index contributed by atoms with van der Waals surface area (Å²) >= 11 is 0. The number of hydrogen-bond donors (Lipinski definition) is 1. The molecule has 78 valence electrons. The molecule has 0 saturated carbocycles. The summed E-state index contributed by atoms with van der Waals surface area (Å²) in [5.41, 5.74) is 8.87. The zero-order chi connectivity index (χ0) is 11.1. The van der Waals surface area contributed by atoms with Gasteiger partial charge in [0.05, 0.1) is 12.3 Å². The summed E-state index contributed by atoms with van der Waals surface area (Å²) in [6.45, 7) is 0.798. The molecular formula is C8H11N7. The first kappa shape index (κ1) is 11.0. The Hall–Kier alpha value is -2.03. The van der Waals surface area contributed by atoms with E-state index in [-0.39, 0.29) is 0 Å². The number of hydrogen-bond acceptors (Lipinski definition) is 4. The van der Waals surface area contributed by atoms with Crippen LogP contribution < -0.4 is 5.32 Å². The molecule has 7 nitrogen and oxygen atoms in total. The van der Waals surface area contributed by atoms with Crippen molar-refractivity contribution in [2.24, 2.45) is 12.2 Å². The molecule has 0 bridgehead atoms. The van der Waals surface area contributed by atoms with Gasteiger partial charge in [-0.05, 0) is 5.53 Å². The van der Waals surface area contributed by atoms with Gasteiger partial charge in [0, 0.05) is 36.8 Å². The quantitative estimate of drug-likeness (QED) is 0.334. The number of rotatable bonds is 5. The van der Waals surface area contributed by atoms with Crippen molar-refractivity contribution < 1.29 is 0 Å². The van der Waals surface area contributed by atoms with Crippen LogP contribution in [0.15, 0.2) is 17.5 Å². The van der Waals surface area contributed by atoms with Crippen molar-refractivity contribution in [2.45, 2.75) is 6.04 Å². The van der Waals surface area contributed by atoms with E-state index < -0.39 is 6.04 Å². The molecule has 1 aromatic rings. The highest BCUT2D eigenvalue weighted by atomic mass is 15.2. The minimum absolute atomic E-state index is 0.328. The number of aryl methyl sites for hydroxylation is 1. The molecule has 0 radical (unpaired) electrons. The van der Waals surface area contributed by atoms with Gasteiger partial charge in [0.2, 0.25) is 0 Å². The van der Waals surface area contributed by atoms with Crippen molar-refractivity contribution in [3.8, 4) is 6.07 Å². The highest BCUT2D eigenvalue weighted by Gasteiger charge is 2.10. The van der Waals surface area contributed by atoms with Gasteiger partial charge in [-0.2, -0.15) is 10.4 Å². The molecule has 1 heterocycles. The van der Waals surface area contributed by atoms with Gasteiger partial charge < -0.3 is 0 Å². The Kier molecular flexibility index (Phi) is 4.16. The van der Waals surface area contributed by atoms with Gasteiger partial charge in [-0.15, -0.1) is 0 Å². The van der Waals surface area contributed by atoms with Gasteiger partial charge in [-0.25, -0.2) is 0 Å². The Bertz CT molecular complexity index is 395. The van der Waals surface area contributed by atoms with Gasteiger partial charge in [-0.3, -0.25) is 10.00 Å². The van der Waals surface area contributed by atoms with Crippen LogP contribution >= 0.6 is 0 Å². The van der Waals surface area contributed by atoms with Crippen LogP contribution in [-0.2, 0) is 7.05 Å². The van der Waals surface area contributed by atoms with Crippen LogP contribution in [0.2, 0.25) is 0 Å². The molecule has 0 fully saturated rings. The van der Waals surface area contributed by atoms with Crippen molar-refractivity contribution in [3.05, 3.63) is 28.4 Å². The number of nitrogens with one attached hydrogen (secondary N) is 1. The average Bonchev–Trinajstić information content (AvgIpc) is 2.65. The van der Waals surface area contributed by atoms with E-state index in [1.165, 1.54) is 0 Å². The van der Waals surface area contributed by atoms with Crippen molar-refractivity contribution in [2.75, 3.05) is 13.1 Å². The highest BCUT2D eigenvalue weighted by molar-refractivity contribution is 5.17. The van der Waals surface area contributed by atoms with Gasteiger partial charge in [0.15, 0.2) is 0 Å². The first-order valence-electron chi connectivity index (χ1n) is 4.40. The lowest BCUT2D eigenvalue weighted by Crippen LogP contribution is -2.22. The standard InChI is InChI=1S/C8H11N7/c1-15-6-7(5-13-15)8(4-9)11-2-3-12-14-10/h5-6,8,11H,2-3H2,1H3. The maximum atomic E-state index is 8.89. The van der Waals surface area contributed by atoms with Crippen molar-refractivity contribution in [3.63, 3.8) is 0 Å². The Balaban J connectivity index is 2.50. The molecule has 0 aliphatic heterocycles. The molecule has 0 amide bonds. The van der Waals surface area contributed by atoms with Crippen LogP contribution in [0, 0.1) is 11.3 Å². The van der Waals surface area contributed by atoms with E-state index >= 15 is 0 Å². The third-order valence-corrected chi connectivity index (χ3v) is 1.81. The van der Waals surface area contributed by atoms with E-state index in [0.29, 0.717) is 13.1 Å². The zero-order valence-electron chi connectivity index (χ0n) is 8.33. The molecule has 1 N–H and O–H groups in total. The summed E-state index contributed by atoms with van der Waals surface area (Å²) in [6.07, 6.45) is 3.41. The first-order valence-corrected chi connectivity index (χ1v) is 4.40. The first-order chi connectivity index (χ1) is 7.27. The predicted octanol–water partition coefficient (Wildman–Crippen LogP) is 0.885. The third kappa shape index (κ3) is 3.31. The monoisotopic (exact) mass is 205 g/mol. The number of aromatic nitrogens is 2. The van der Waals surface area contributed by atoms with E-state index in [1.54, 1.807) is 24.1 Å². The lowest BCUT2D eigenvalue weighted by atomic mass is 10.2. The smallest absolute Gasteiger partial charge is 0.124 e. The molecule has 1 unspecified atom stereocenters. The normalized spacial score (nSPS) is 11.5. The topological polar surface area (TPSA) is 102 Å². The molecule has 0 saturated heterocycles. The van der Waals surface area contributed by atoms with Crippen LogP contribution in [0.1, 0.15) is 11.6 Å². The molecule has 7 heteroatoms. The second kappa shape index (κ2) is 5.65. The van der Waals surface area contributed by atoms with Gasteiger partial charge in [0.1, 0.15) is 6.04 Å². The van der Waals surface area contributed by atoms with Crippen LogP contribution in [0.25, 0.3) is 10.4 Å². The fourth-order valence-electron chi connectivity index (χ4n) is 1.13. The Morgan fingerprint density at radius 3 is 3.20 bits per heavy atom. The highest BCUT2D eigenvalue weighted by Crippen LogP contribution is 2.09. The minimum atomic E-state index is -0.410. The number of azide groups is 1. The summed E-state index contributed by atoms with van der Waals surface area (Å²) < 4.78 is 1.63. The Labute approximate surface area is 86.9 Å². The fraction of sp³-hybridized carbons (Fsp3) is 0.500. The van der Waals surface area contributed by atoms with E-state index in [1.807, 2.05) is 0 Å². The Morgan fingerprint density at radius 1 is 1.87 bits per heavy atom. The van der Waals surface area contributed by atoms with Gasteiger partial charge in [0.25, 0.3) is 0 Å². The second-order valence-electron chi connectivity index (χ2n) is 2.92. The van der Waals surface area contributed by atoms with Crippen molar-refractivity contribution in [1.82, 2.24) is 15.1 Å². The molecule has 0 spiro atoms. The lowest BCUT2D eigenvalue weighted by Gasteiger charge is -2.07. The second-order valence-corrected chi connectivity index (χ2v) is 2.92. The average molecular weight is 205 g/mol. The summed E-state index contributed by atoms with van der Waals surface area (Å²) in [7, 11) is 1.79. The molecular weight excluding hydrogens is 194 g/mol. The maximum Gasteiger partial charge on any atom is 0.124 e. The van der Waals surface area contributed by atoms with Crippen LogP contribution in [0.3, 0.4) is 0 Å². The van der Waals surface area contributed by atoms with Crippen LogP contribution in [0.4, 0.5) is 0 Å². The predicted molar refractivity (Wildman–Crippen MR) is 53.6 cm³/mol. The van der Waals surface area contributed by atoms with Gasteiger partial charge in [-0.1, -0.05) is 5.11 Å². The third-order valence-electron chi connectivity index (χ3n) is 1.81. The minimum Gasteiger partial charge on any atom is -0.298 e. The van der Waals surface area contributed by atoms with Crippen molar-refractivity contribution in [1.29, 1.82) is 5.26 Å². The zero-order valence-corrected chi connectivity index (χ0v) is 8.33. The van der Waals surface area contributed by atoms with E-state index in [2.05, 4.69) is 26.5 Å². The fourth-order valence-corrected chi connectivity index (χ4v) is 1.13. The summed E-state index contributed by atoms with van der Waals surface area (Å²) in [4.78, 5) is 2.62. The summed E-state index contributed by atoms with van der Waals surface area (Å²) in [5.74, 6) is 0. The van der Waals surface area contributed by atoms with E-state index in [9.17, 15) is 0 Å². The van der Waals surface area contributed by atoms with Crippen LogP contribution in [0.5, 0.6) is 0 Å². The van der Waals surface area contributed by atoms with Crippen molar-refractivity contribution >= 4 is 0 Å². The summed E-state index contributed by atoms with van der Waals surface area (Å²) in [5, 5.41) is 19.2. The molecule has 0 aliphatic rings. The number of nitrogens with zero attached hydrogens (tertiary/aromatic N) is 6. The SMILES string of the molecule is Cn1cc(C(C#N)NCCN=[N+]=[N-])cn1.